The van der Waals surface area contributed by atoms with Gasteiger partial charge in [0.05, 0.1) is 10.0 Å². The van der Waals surface area contributed by atoms with Crippen LogP contribution in [0.4, 0.5) is 0 Å². The summed E-state index contributed by atoms with van der Waals surface area (Å²) in [7, 11) is 0. The zero-order valence-electron chi connectivity index (χ0n) is 13.7. The smallest absolute Gasteiger partial charge is 0.127 e. The van der Waals surface area contributed by atoms with Gasteiger partial charge in [-0.3, -0.25) is 0 Å². The van der Waals surface area contributed by atoms with Crippen LogP contribution in [0.3, 0.4) is 0 Å². The molecule has 0 fully saturated rings. The lowest BCUT2D eigenvalue weighted by Gasteiger charge is -2.09. The minimum atomic E-state index is 0.591. The van der Waals surface area contributed by atoms with Gasteiger partial charge in [-0.05, 0) is 60.5 Å². The van der Waals surface area contributed by atoms with E-state index in [0.717, 1.165) is 31.0 Å². The molecule has 3 aromatic carbocycles. The molecule has 0 radical (unpaired) electrons. The third-order valence-electron chi connectivity index (χ3n) is 3.78. The van der Waals surface area contributed by atoms with E-state index in [-0.39, 0.29) is 0 Å². The molecule has 0 saturated carbocycles. The number of para-hydroxylation sites is 1. The van der Waals surface area contributed by atoms with E-state index < -0.39 is 0 Å². The van der Waals surface area contributed by atoms with E-state index in [9.17, 15) is 0 Å². The van der Waals surface area contributed by atoms with Gasteiger partial charge < -0.3 is 10.1 Å². The first-order valence-electron chi connectivity index (χ1n) is 8.17. The molecule has 0 aromatic heterocycles. The van der Waals surface area contributed by atoms with Crippen molar-refractivity contribution in [3.05, 3.63) is 94.0 Å². The predicted octanol–water partition coefficient (Wildman–Crippen LogP) is 6.12. The van der Waals surface area contributed by atoms with Crippen LogP contribution in [0, 0.1) is 0 Å². The first-order valence-corrected chi connectivity index (χ1v) is 8.93. The van der Waals surface area contributed by atoms with Gasteiger partial charge in [-0.25, -0.2) is 0 Å². The van der Waals surface area contributed by atoms with Gasteiger partial charge >= 0.3 is 0 Å². The number of halogens is 2. The summed E-state index contributed by atoms with van der Waals surface area (Å²) in [6.07, 6.45) is 0.900. The van der Waals surface area contributed by atoms with Crippen LogP contribution >= 0.6 is 23.2 Å². The van der Waals surface area contributed by atoms with Crippen LogP contribution in [-0.4, -0.2) is 6.54 Å². The first-order chi connectivity index (χ1) is 12.2. The molecule has 0 atom stereocenters. The Labute approximate surface area is 158 Å². The lowest BCUT2D eigenvalue weighted by molar-refractivity contribution is 0.481. The maximum absolute atomic E-state index is 6.04. The SMILES string of the molecule is Clc1ccc(CCNCc2cccc(Oc3ccccc3)c2)cc1Cl. The van der Waals surface area contributed by atoms with Crippen molar-refractivity contribution >= 4 is 23.2 Å². The lowest BCUT2D eigenvalue weighted by atomic mass is 10.1. The van der Waals surface area contributed by atoms with Crippen molar-refractivity contribution in [1.82, 2.24) is 5.32 Å². The van der Waals surface area contributed by atoms with Crippen LogP contribution in [-0.2, 0) is 13.0 Å². The molecule has 0 aliphatic carbocycles. The van der Waals surface area contributed by atoms with Gasteiger partial charge in [0.15, 0.2) is 0 Å². The topological polar surface area (TPSA) is 21.3 Å². The Morgan fingerprint density at radius 1 is 0.720 bits per heavy atom. The molecule has 0 heterocycles. The second-order valence-electron chi connectivity index (χ2n) is 5.74. The molecular weight excluding hydrogens is 353 g/mol. The Kier molecular flexibility index (Phi) is 6.35. The van der Waals surface area contributed by atoms with Crippen molar-refractivity contribution in [2.75, 3.05) is 6.54 Å². The second-order valence-corrected chi connectivity index (χ2v) is 6.55. The monoisotopic (exact) mass is 371 g/mol. The fraction of sp³-hybridized carbons (Fsp3) is 0.143. The Balaban J connectivity index is 1.50. The van der Waals surface area contributed by atoms with E-state index >= 15 is 0 Å². The summed E-state index contributed by atoms with van der Waals surface area (Å²) in [5.41, 5.74) is 2.35. The van der Waals surface area contributed by atoms with Crippen LogP contribution in [0.25, 0.3) is 0 Å². The number of benzene rings is 3. The van der Waals surface area contributed by atoms with Crippen LogP contribution in [0.15, 0.2) is 72.8 Å². The lowest BCUT2D eigenvalue weighted by Crippen LogP contribution is -2.16. The molecule has 128 valence electrons. The van der Waals surface area contributed by atoms with Crippen molar-refractivity contribution in [2.24, 2.45) is 0 Å². The van der Waals surface area contributed by atoms with E-state index in [2.05, 4.69) is 17.4 Å². The Hall–Kier alpha value is -2.00. The third-order valence-corrected chi connectivity index (χ3v) is 4.52. The summed E-state index contributed by atoms with van der Waals surface area (Å²) in [6, 6.07) is 23.7. The van der Waals surface area contributed by atoms with Gasteiger partial charge in [0.25, 0.3) is 0 Å². The summed E-state index contributed by atoms with van der Waals surface area (Å²) in [5.74, 6) is 1.68. The first kappa shape index (κ1) is 17.8. The van der Waals surface area contributed by atoms with Crippen LogP contribution in [0.2, 0.25) is 10.0 Å². The molecule has 0 aliphatic rings. The zero-order chi connectivity index (χ0) is 17.5. The van der Waals surface area contributed by atoms with Gasteiger partial charge in [0.1, 0.15) is 11.5 Å². The second kappa shape index (κ2) is 8.91. The molecule has 3 aromatic rings. The largest absolute Gasteiger partial charge is 0.457 e. The normalized spacial score (nSPS) is 10.6. The summed E-state index contributed by atoms with van der Waals surface area (Å²) < 4.78 is 5.86. The highest BCUT2D eigenvalue weighted by Crippen LogP contribution is 2.23. The summed E-state index contributed by atoms with van der Waals surface area (Å²) in [5, 5.41) is 4.64. The standard InChI is InChI=1S/C21H19Cl2NO/c22-20-10-9-16(14-21(20)23)11-12-24-15-17-5-4-8-19(13-17)25-18-6-2-1-3-7-18/h1-10,13-14,24H,11-12,15H2. The molecule has 0 amide bonds. The molecule has 25 heavy (non-hydrogen) atoms. The highest BCUT2D eigenvalue weighted by atomic mass is 35.5. The highest BCUT2D eigenvalue weighted by Gasteiger charge is 2.01. The maximum Gasteiger partial charge on any atom is 0.127 e. The molecule has 2 nitrogen and oxygen atoms in total. The van der Waals surface area contributed by atoms with Gasteiger partial charge in [0, 0.05) is 6.54 Å². The van der Waals surface area contributed by atoms with Gasteiger partial charge in [-0.15, -0.1) is 0 Å². The number of hydrogen-bond acceptors (Lipinski definition) is 2. The van der Waals surface area contributed by atoms with E-state index in [1.165, 1.54) is 11.1 Å². The molecule has 0 spiro atoms. The fourth-order valence-electron chi connectivity index (χ4n) is 2.50. The molecule has 4 heteroatoms. The number of nitrogens with one attached hydrogen (secondary N) is 1. The Morgan fingerprint density at radius 3 is 2.32 bits per heavy atom. The van der Waals surface area contributed by atoms with Crippen molar-refractivity contribution in [1.29, 1.82) is 0 Å². The Bertz CT molecular complexity index is 821. The van der Waals surface area contributed by atoms with Gasteiger partial charge in [-0.1, -0.05) is 59.6 Å². The van der Waals surface area contributed by atoms with Gasteiger partial charge in [-0.2, -0.15) is 0 Å². The van der Waals surface area contributed by atoms with Crippen LogP contribution < -0.4 is 10.1 Å². The minimum Gasteiger partial charge on any atom is -0.457 e. The summed E-state index contributed by atoms with van der Waals surface area (Å²) in [4.78, 5) is 0. The third kappa shape index (κ3) is 5.50. The molecule has 0 bridgehead atoms. The van der Waals surface area contributed by atoms with Crippen molar-refractivity contribution in [3.63, 3.8) is 0 Å². The average molecular weight is 372 g/mol. The van der Waals surface area contributed by atoms with Crippen LogP contribution in [0.1, 0.15) is 11.1 Å². The van der Waals surface area contributed by atoms with E-state index in [1.807, 2.05) is 60.7 Å². The quantitative estimate of drug-likeness (QED) is 0.505. The number of rotatable bonds is 7. The average Bonchev–Trinajstić information content (AvgIpc) is 2.63. The molecule has 3 rings (SSSR count). The maximum atomic E-state index is 6.04. The fourth-order valence-corrected chi connectivity index (χ4v) is 2.82. The molecule has 0 unspecified atom stereocenters. The molecule has 0 saturated heterocycles. The number of ether oxygens (including phenoxy) is 1. The van der Waals surface area contributed by atoms with Crippen molar-refractivity contribution < 1.29 is 4.74 Å². The van der Waals surface area contributed by atoms with Gasteiger partial charge in [0.2, 0.25) is 0 Å². The highest BCUT2D eigenvalue weighted by molar-refractivity contribution is 6.42. The van der Waals surface area contributed by atoms with Crippen molar-refractivity contribution in [2.45, 2.75) is 13.0 Å². The van der Waals surface area contributed by atoms with Crippen molar-refractivity contribution in [3.8, 4) is 11.5 Å². The molecular formula is C21H19Cl2NO. The van der Waals surface area contributed by atoms with E-state index in [0.29, 0.717) is 10.0 Å². The molecule has 0 aliphatic heterocycles. The minimum absolute atomic E-state index is 0.591. The summed E-state index contributed by atoms with van der Waals surface area (Å²) >= 11 is 12.0. The summed E-state index contributed by atoms with van der Waals surface area (Å²) in [6.45, 7) is 1.65. The van der Waals surface area contributed by atoms with E-state index in [4.69, 9.17) is 27.9 Å². The number of hydrogen-bond donors (Lipinski definition) is 1. The molecule has 1 N–H and O–H groups in total. The van der Waals surface area contributed by atoms with E-state index in [1.54, 1.807) is 0 Å². The van der Waals surface area contributed by atoms with Crippen LogP contribution in [0.5, 0.6) is 11.5 Å². The zero-order valence-corrected chi connectivity index (χ0v) is 15.2. The predicted molar refractivity (Wildman–Crippen MR) is 105 cm³/mol. The Morgan fingerprint density at radius 2 is 1.52 bits per heavy atom.